The van der Waals surface area contributed by atoms with E-state index < -0.39 is 0 Å². The molecule has 1 fully saturated rings. The van der Waals surface area contributed by atoms with E-state index in [9.17, 15) is 0 Å². The molecule has 0 saturated carbocycles. The van der Waals surface area contributed by atoms with Gasteiger partial charge in [0.05, 0.1) is 0 Å². The average molecular weight is 221 g/mol. The van der Waals surface area contributed by atoms with Crippen molar-refractivity contribution < 1.29 is 0 Å². The molecule has 16 heavy (non-hydrogen) atoms. The van der Waals surface area contributed by atoms with Gasteiger partial charge < -0.3 is 15.5 Å². The standard InChI is InChI=1S/C11H19N5/c1-16(2)11-13-7-5-10(15-11)14-9-4-3-6-12-8-9/h5,7,9,12H,3-4,6,8H2,1-2H3,(H,13,14,15). The van der Waals surface area contributed by atoms with Crippen molar-refractivity contribution in [3.05, 3.63) is 12.3 Å². The lowest BCUT2D eigenvalue weighted by atomic mass is 10.1. The van der Waals surface area contributed by atoms with Crippen LogP contribution in [0.4, 0.5) is 11.8 Å². The first-order chi connectivity index (χ1) is 7.75. The van der Waals surface area contributed by atoms with Crippen LogP contribution in [0.25, 0.3) is 0 Å². The molecule has 2 N–H and O–H groups in total. The van der Waals surface area contributed by atoms with Crippen LogP contribution in [0.2, 0.25) is 0 Å². The van der Waals surface area contributed by atoms with Gasteiger partial charge in [0.2, 0.25) is 5.95 Å². The van der Waals surface area contributed by atoms with Crippen LogP contribution in [0.5, 0.6) is 0 Å². The molecule has 5 nitrogen and oxygen atoms in total. The molecule has 0 aromatic carbocycles. The van der Waals surface area contributed by atoms with Gasteiger partial charge in [0.15, 0.2) is 0 Å². The highest BCUT2D eigenvalue weighted by molar-refractivity contribution is 5.41. The van der Waals surface area contributed by atoms with Crippen molar-refractivity contribution >= 4 is 11.8 Å². The SMILES string of the molecule is CN(C)c1nccc(NC2CCCNC2)n1. The summed E-state index contributed by atoms with van der Waals surface area (Å²) in [4.78, 5) is 10.5. The van der Waals surface area contributed by atoms with Crippen LogP contribution in [0, 0.1) is 0 Å². The average Bonchev–Trinajstić information content (AvgIpc) is 2.30. The third-order valence-corrected chi connectivity index (χ3v) is 2.69. The van der Waals surface area contributed by atoms with Crippen molar-refractivity contribution in [2.45, 2.75) is 18.9 Å². The van der Waals surface area contributed by atoms with Crippen molar-refractivity contribution in [2.75, 3.05) is 37.4 Å². The quantitative estimate of drug-likeness (QED) is 0.787. The highest BCUT2D eigenvalue weighted by Gasteiger charge is 2.13. The van der Waals surface area contributed by atoms with Crippen LogP contribution in [0.3, 0.4) is 0 Å². The first-order valence-corrected chi connectivity index (χ1v) is 5.73. The summed E-state index contributed by atoms with van der Waals surface area (Å²) in [5.41, 5.74) is 0. The molecule has 1 aliphatic heterocycles. The molecular formula is C11H19N5. The number of aromatic nitrogens is 2. The monoisotopic (exact) mass is 221 g/mol. The first-order valence-electron chi connectivity index (χ1n) is 5.73. The van der Waals surface area contributed by atoms with E-state index in [2.05, 4.69) is 20.6 Å². The number of anilines is 2. The highest BCUT2D eigenvalue weighted by atomic mass is 15.2. The normalized spacial score (nSPS) is 20.5. The lowest BCUT2D eigenvalue weighted by Gasteiger charge is -2.24. The predicted molar refractivity (Wildman–Crippen MR) is 65.9 cm³/mol. The maximum absolute atomic E-state index is 4.44. The summed E-state index contributed by atoms with van der Waals surface area (Å²) in [6, 6.07) is 2.40. The van der Waals surface area contributed by atoms with Gasteiger partial charge in [-0.2, -0.15) is 4.98 Å². The zero-order chi connectivity index (χ0) is 11.4. The number of hydrogen-bond donors (Lipinski definition) is 2. The maximum atomic E-state index is 4.44. The molecule has 1 aliphatic rings. The van der Waals surface area contributed by atoms with E-state index in [-0.39, 0.29) is 0 Å². The molecular weight excluding hydrogens is 202 g/mol. The van der Waals surface area contributed by atoms with E-state index in [4.69, 9.17) is 0 Å². The van der Waals surface area contributed by atoms with E-state index in [0.29, 0.717) is 6.04 Å². The predicted octanol–water partition coefficient (Wildman–Crippen LogP) is 0.706. The molecule has 0 aliphatic carbocycles. The molecule has 88 valence electrons. The van der Waals surface area contributed by atoms with E-state index >= 15 is 0 Å². The minimum atomic E-state index is 0.485. The molecule has 0 bridgehead atoms. The van der Waals surface area contributed by atoms with E-state index in [1.165, 1.54) is 12.8 Å². The third-order valence-electron chi connectivity index (χ3n) is 2.69. The van der Waals surface area contributed by atoms with Gasteiger partial charge in [0, 0.05) is 32.9 Å². The summed E-state index contributed by atoms with van der Waals surface area (Å²) >= 11 is 0. The Balaban J connectivity index is 2.00. The van der Waals surface area contributed by atoms with Crippen LogP contribution in [-0.4, -0.2) is 43.2 Å². The molecule has 1 atom stereocenters. The van der Waals surface area contributed by atoms with Crippen molar-refractivity contribution in [1.29, 1.82) is 0 Å². The minimum absolute atomic E-state index is 0.485. The highest BCUT2D eigenvalue weighted by Crippen LogP contribution is 2.12. The number of rotatable bonds is 3. The van der Waals surface area contributed by atoms with Crippen molar-refractivity contribution in [2.24, 2.45) is 0 Å². The van der Waals surface area contributed by atoms with E-state index in [1.807, 2.05) is 25.1 Å². The van der Waals surface area contributed by atoms with Crippen LogP contribution < -0.4 is 15.5 Å². The Morgan fingerprint density at radius 3 is 3.06 bits per heavy atom. The second kappa shape index (κ2) is 5.12. The van der Waals surface area contributed by atoms with Gasteiger partial charge in [-0.15, -0.1) is 0 Å². The molecule has 1 aromatic heterocycles. The number of nitrogens with one attached hydrogen (secondary N) is 2. The third kappa shape index (κ3) is 2.82. The zero-order valence-corrected chi connectivity index (χ0v) is 9.90. The second-order valence-corrected chi connectivity index (χ2v) is 4.32. The topological polar surface area (TPSA) is 53.1 Å². The van der Waals surface area contributed by atoms with Crippen molar-refractivity contribution in [3.63, 3.8) is 0 Å². The molecule has 0 amide bonds. The van der Waals surface area contributed by atoms with E-state index in [1.54, 1.807) is 6.20 Å². The molecule has 1 unspecified atom stereocenters. The Bertz CT molecular complexity index is 333. The van der Waals surface area contributed by atoms with Crippen molar-refractivity contribution in [1.82, 2.24) is 15.3 Å². The molecule has 0 radical (unpaired) electrons. The molecule has 5 heteroatoms. The maximum Gasteiger partial charge on any atom is 0.226 e. The van der Waals surface area contributed by atoms with E-state index in [0.717, 1.165) is 24.9 Å². The number of hydrogen-bond acceptors (Lipinski definition) is 5. The smallest absolute Gasteiger partial charge is 0.226 e. The lowest BCUT2D eigenvalue weighted by Crippen LogP contribution is -2.38. The van der Waals surface area contributed by atoms with Gasteiger partial charge in [-0.25, -0.2) is 4.98 Å². The fraction of sp³-hybridized carbons (Fsp3) is 0.636. The van der Waals surface area contributed by atoms with Gasteiger partial charge in [0.1, 0.15) is 5.82 Å². The Morgan fingerprint density at radius 2 is 2.38 bits per heavy atom. The Labute approximate surface area is 96.3 Å². The Morgan fingerprint density at radius 1 is 1.50 bits per heavy atom. The zero-order valence-electron chi connectivity index (χ0n) is 9.90. The largest absolute Gasteiger partial charge is 0.366 e. The summed E-state index contributed by atoms with van der Waals surface area (Å²) in [6.45, 7) is 2.15. The molecule has 2 heterocycles. The van der Waals surface area contributed by atoms with Gasteiger partial charge in [-0.1, -0.05) is 0 Å². The summed E-state index contributed by atoms with van der Waals surface area (Å²) in [6.07, 6.45) is 4.22. The van der Waals surface area contributed by atoms with Crippen molar-refractivity contribution in [3.8, 4) is 0 Å². The molecule has 2 rings (SSSR count). The molecule has 0 spiro atoms. The fourth-order valence-corrected chi connectivity index (χ4v) is 1.83. The summed E-state index contributed by atoms with van der Waals surface area (Å²) in [5.74, 6) is 1.65. The Kier molecular flexibility index (Phi) is 3.56. The summed E-state index contributed by atoms with van der Waals surface area (Å²) in [5, 5.41) is 6.81. The number of piperidine rings is 1. The summed E-state index contributed by atoms with van der Waals surface area (Å²) in [7, 11) is 3.89. The first kappa shape index (κ1) is 11.1. The molecule has 1 saturated heterocycles. The van der Waals surface area contributed by atoms with Gasteiger partial charge >= 0.3 is 0 Å². The lowest BCUT2D eigenvalue weighted by molar-refractivity contribution is 0.479. The van der Waals surface area contributed by atoms with Gasteiger partial charge in [-0.3, -0.25) is 0 Å². The van der Waals surface area contributed by atoms with Crippen LogP contribution in [0.1, 0.15) is 12.8 Å². The van der Waals surface area contributed by atoms with Gasteiger partial charge in [-0.05, 0) is 25.5 Å². The second-order valence-electron chi connectivity index (χ2n) is 4.32. The van der Waals surface area contributed by atoms with Gasteiger partial charge in [0.25, 0.3) is 0 Å². The minimum Gasteiger partial charge on any atom is -0.366 e. The van der Waals surface area contributed by atoms with Crippen LogP contribution in [-0.2, 0) is 0 Å². The molecule has 1 aromatic rings. The fourth-order valence-electron chi connectivity index (χ4n) is 1.83. The van der Waals surface area contributed by atoms with Crippen LogP contribution in [0.15, 0.2) is 12.3 Å². The summed E-state index contributed by atoms with van der Waals surface area (Å²) < 4.78 is 0. The number of nitrogens with zero attached hydrogens (tertiary/aromatic N) is 3. The Hall–Kier alpha value is -1.36. The van der Waals surface area contributed by atoms with Crippen LogP contribution >= 0.6 is 0 Å².